The van der Waals surface area contributed by atoms with Crippen LogP contribution in [0.15, 0.2) is 30.3 Å². The summed E-state index contributed by atoms with van der Waals surface area (Å²) in [4.78, 5) is 7.26. The van der Waals surface area contributed by atoms with Gasteiger partial charge in [0.25, 0.3) is 0 Å². The number of para-hydroxylation sites is 2. The first-order valence-electron chi connectivity index (χ1n) is 5.67. The fourth-order valence-electron chi connectivity index (χ4n) is 1.98. The van der Waals surface area contributed by atoms with E-state index in [1.54, 1.807) is 6.07 Å². The normalized spacial score (nSPS) is 11.2. The van der Waals surface area contributed by atoms with E-state index in [9.17, 15) is 8.78 Å². The number of hydrogen-bond donors (Lipinski definition) is 1. The molecule has 0 unspecified atom stereocenters. The maximum atomic E-state index is 14.2. The van der Waals surface area contributed by atoms with E-state index in [2.05, 4.69) is 9.97 Å². The minimum atomic E-state index is -0.691. The van der Waals surface area contributed by atoms with E-state index in [0.717, 1.165) is 11.6 Å². The van der Waals surface area contributed by atoms with E-state index in [1.807, 2.05) is 18.2 Å². The molecule has 0 aliphatic carbocycles. The Morgan fingerprint density at radius 3 is 2.68 bits per heavy atom. The second-order valence-corrected chi connectivity index (χ2v) is 4.66. The van der Waals surface area contributed by atoms with Crippen molar-refractivity contribution in [1.82, 2.24) is 9.97 Å². The summed E-state index contributed by atoms with van der Waals surface area (Å²) in [5.74, 6) is -1.06. The number of halogens is 3. The molecule has 0 saturated carbocycles. The van der Waals surface area contributed by atoms with E-state index < -0.39 is 11.6 Å². The molecule has 2 nitrogen and oxygen atoms in total. The van der Waals surface area contributed by atoms with Crippen molar-refractivity contribution in [2.45, 2.75) is 6.92 Å². The molecule has 3 aromatic rings. The van der Waals surface area contributed by atoms with Gasteiger partial charge in [0.2, 0.25) is 0 Å². The average molecular weight is 279 g/mol. The lowest BCUT2D eigenvalue weighted by Gasteiger charge is -2.06. The van der Waals surface area contributed by atoms with Crippen molar-refractivity contribution in [3.8, 4) is 11.4 Å². The third-order valence-corrected chi connectivity index (χ3v) is 3.32. The third kappa shape index (κ3) is 1.88. The van der Waals surface area contributed by atoms with Gasteiger partial charge in [0.15, 0.2) is 0 Å². The van der Waals surface area contributed by atoms with Gasteiger partial charge in [0, 0.05) is 5.56 Å². The zero-order chi connectivity index (χ0) is 13.6. The summed E-state index contributed by atoms with van der Waals surface area (Å²) in [6.07, 6.45) is 0. The second kappa shape index (κ2) is 4.31. The molecule has 2 aromatic carbocycles. The molecule has 0 aliphatic rings. The first-order chi connectivity index (χ1) is 9.08. The van der Waals surface area contributed by atoms with Gasteiger partial charge in [0.1, 0.15) is 17.5 Å². The number of aromatic nitrogens is 2. The van der Waals surface area contributed by atoms with Gasteiger partial charge < -0.3 is 4.98 Å². The Morgan fingerprint density at radius 2 is 1.95 bits per heavy atom. The molecule has 19 heavy (non-hydrogen) atoms. The second-order valence-electron chi connectivity index (χ2n) is 4.26. The van der Waals surface area contributed by atoms with Gasteiger partial charge in [-0.25, -0.2) is 13.8 Å². The first kappa shape index (κ1) is 12.1. The van der Waals surface area contributed by atoms with Crippen LogP contribution < -0.4 is 0 Å². The Bertz CT molecular complexity index is 747. The quantitative estimate of drug-likeness (QED) is 0.699. The molecular weight excluding hydrogens is 270 g/mol. The maximum Gasteiger partial charge on any atom is 0.142 e. The molecule has 0 atom stereocenters. The Balaban J connectivity index is 2.29. The highest BCUT2D eigenvalue weighted by Crippen LogP contribution is 2.33. The van der Waals surface area contributed by atoms with E-state index in [4.69, 9.17) is 11.6 Å². The molecule has 1 heterocycles. The van der Waals surface area contributed by atoms with Gasteiger partial charge in [-0.05, 0) is 25.1 Å². The van der Waals surface area contributed by atoms with Crippen LogP contribution in [0.2, 0.25) is 5.02 Å². The number of hydrogen-bond acceptors (Lipinski definition) is 1. The van der Waals surface area contributed by atoms with Gasteiger partial charge in [-0.15, -0.1) is 0 Å². The fraction of sp³-hybridized carbons (Fsp3) is 0.0714. The Labute approximate surface area is 113 Å². The Hall–Kier alpha value is -1.94. The van der Waals surface area contributed by atoms with Crippen LogP contribution in [0.4, 0.5) is 8.78 Å². The molecule has 0 spiro atoms. The third-order valence-electron chi connectivity index (χ3n) is 3.03. The summed E-state index contributed by atoms with van der Waals surface area (Å²) >= 11 is 5.93. The summed E-state index contributed by atoms with van der Waals surface area (Å²) in [6.45, 7) is 1.37. The highest BCUT2D eigenvalue weighted by atomic mass is 35.5. The van der Waals surface area contributed by atoms with Gasteiger partial charge in [-0.3, -0.25) is 0 Å². The molecule has 3 rings (SSSR count). The van der Waals surface area contributed by atoms with Crippen LogP contribution in [0.3, 0.4) is 0 Å². The van der Waals surface area contributed by atoms with Crippen LogP contribution in [0.1, 0.15) is 5.56 Å². The van der Waals surface area contributed by atoms with Gasteiger partial charge in [-0.2, -0.15) is 0 Å². The SMILES string of the molecule is Cc1c(F)cc(Cl)c(-c2nc3ccccc3[nH]2)c1F. The molecule has 0 radical (unpaired) electrons. The smallest absolute Gasteiger partial charge is 0.142 e. The van der Waals surface area contributed by atoms with Crippen molar-refractivity contribution in [2.24, 2.45) is 0 Å². The van der Waals surface area contributed by atoms with Crippen LogP contribution in [-0.4, -0.2) is 9.97 Å². The van der Waals surface area contributed by atoms with E-state index in [0.29, 0.717) is 11.3 Å². The topological polar surface area (TPSA) is 28.7 Å². The monoisotopic (exact) mass is 278 g/mol. The molecular formula is C14H9ClF2N2. The van der Waals surface area contributed by atoms with Crippen LogP contribution in [0, 0.1) is 18.6 Å². The highest BCUT2D eigenvalue weighted by Gasteiger charge is 2.18. The number of imidazole rings is 1. The average Bonchev–Trinajstić information content (AvgIpc) is 2.79. The Kier molecular flexibility index (Phi) is 2.75. The summed E-state index contributed by atoms with van der Waals surface area (Å²) < 4.78 is 27.5. The fourth-order valence-corrected chi connectivity index (χ4v) is 2.25. The van der Waals surface area contributed by atoms with Crippen LogP contribution >= 0.6 is 11.6 Å². The van der Waals surface area contributed by atoms with E-state index in [1.165, 1.54) is 6.92 Å². The summed E-state index contributed by atoms with van der Waals surface area (Å²) in [5, 5.41) is -0.000318. The van der Waals surface area contributed by atoms with E-state index in [-0.39, 0.29) is 16.1 Å². The molecule has 0 bridgehead atoms. The van der Waals surface area contributed by atoms with E-state index >= 15 is 0 Å². The van der Waals surface area contributed by atoms with Crippen molar-refractivity contribution in [3.05, 3.63) is 52.6 Å². The number of fused-ring (bicyclic) bond motifs is 1. The minimum absolute atomic E-state index is 0.000318. The van der Waals surface area contributed by atoms with Crippen LogP contribution in [0.5, 0.6) is 0 Å². The number of nitrogens with zero attached hydrogens (tertiary/aromatic N) is 1. The lowest BCUT2D eigenvalue weighted by atomic mass is 10.1. The van der Waals surface area contributed by atoms with Crippen LogP contribution in [-0.2, 0) is 0 Å². The summed E-state index contributed by atoms with van der Waals surface area (Å²) in [7, 11) is 0. The Morgan fingerprint density at radius 1 is 1.21 bits per heavy atom. The predicted molar refractivity (Wildman–Crippen MR) is 71.2 cm³/mol. The molecule has 0 fully saturated rings. The van der Waals surface area contributed by atoms with Crippen molar-refractivity contribution < 1.29 is 8.78 Å². The van der Waals surface area contributed by atoms with Gasteiger partial charge >= 0.3 is 0 Å². The summed E-state index contributed by atoms with van der Waals surface area (Å²) in [6, 6.07) is 8.41. The van der Waals surface area contributed by atoms with Gasteiger partial charge in [0.05, 0.1) is 21.6 Å². The maximum absolute atomic E-state index is 14.2. The first-order valence-corrected chi connectivity index (χ1v) is 6.05. The molecule has 0 amide bonds. The predicted octanol–water partition coefficient (Wildman–Crippen LogP) is 4.47. The molecule has 96 valence electrons. The van der Waals surface area contributed by atoms with Crippen molar-refractivity contribution in [2.75, 3.05) is 0 Å². The molecule has 1 aromatic heterocycles. The van der Waals surface area contributed by atoms with Crippen molar-refractivity contribution in [1.29, 1.82) is 0 Å². The molecule has 5 heteroatoms. The minimum Gasteiger partial charge on any atom is -0.338 e. The lowest BCUT2D eigenvalue weighted by Crippen LogP contribution is -1.95. The van der Waals surface area contributed by atoms with Crippen LogP contribution in [0.25, 0.3) is 22.4 Å². The zero-order valence-corrected chi connectivity index (χ0v) is 10.7. The summed E-state index contributed by atoms with van der Waals surface area (Å²) in [5.41, 5.74) is 1.50. The highest BCUT2D eigenvalue weighted by molar-refractivity contribution is 6.33. The molecule has 0 saturated heterocycles. The largest absolute Gasteiger partial charge is 0.338 e. The van der Waals surface area contributed by atoms with Crippen molar-refractivity contribution in [3.63, 3.8) is 0 Å². The molecule has 0 aliphatic heterocycles. The molecule has 1 N–H and O–H groups in total. The number of nitrogens with one attached hydrogen (secondary N) is 1. The number of H-pyrrole nitrogens is 1. The number of aromatic amines is 1. The van der Waals surface area contributed by atoms with Gasteiger partial charge in [-0.1, -0.05) is 23.7 Å². The zero-order valence-electron chi connectivity index (χ0n) is 9.97. The number of benzene rings is 2. The number of rotatable bonds is 1. The standard InChI is InChI=1S/C14H9ClF2N2/c1-7-9(16)6-8(15)12(13(7)17)14-18-10-4-2-3-5-11(10)19-14/h2-6H,1H3,(H,18,19). The van der Waals surface area contributed by atoms with Crippen molar-refractivity contribution >= 4 is 22.6 Å². The lowest BCUT2D eigenvalue weighted by molar-refractivity contribution is 0.570.